The minimum absolute atomic E-state index is 0.0735. The molecule has 9 heteroatoms. The number of rotatable bonds is 11. The van der Waals surface area contributed by atoms with Crippen LogP contribution in [0.15, 0.2) is 64.3 Å². The second-order valence-corrected chi connectivity index (χ2v) is 11.9. The van der Waals surface area contributed by atoms with E-state index in [0.29, 0.717) is 24.0 Å². The molecule has 1 atom stereocenters. The fraction of sp³-hybridized carbons (Fsp3) is 0.448. The average molecular weight is 539 g/mol. The first-order chi connectivity index (χ1) is 18.3. The second-order valence-electron chi connectivity index (χ2n) is 10.0. The molecule has 2 aromatic carbocycles. The van der Waals surface area contributed by atoms with Crippen LogP contribution in [0.2, 0.25) is 0 Å². The first-order valence-electron chi connectivity index (χ1n) is 13.6. The van der Waals surface area contributed by atoms with Crippen molar-refractivity contribution in [3.05, 3.63) is 70.5 Å². The molecule has 0 unspecified atom stereocenters. The Morgan fingerprint density at radius 1 is 1.08 bits per heavy atom. The Morgan fingerprint density at radius 3 is 2.58 bits per heavy atom. The van der Waals surface area contributed by atoms with Crippen molar-refractivity contribution in [1.82, 2.24) is 14.6 Å². The largest absolute Gasteiger partial charge is 0.371 e. The normalized spacial score (nSPS) is 16.4. The van der Waals surface area contributed by atoms with E-state index in [1.165, 1.54) is 18.2 Å². The maximum absolute atomic E-state index is 13.4. The maximum Gasteiger partial charge on any atom is 0.252 e. The number of hydrogen-bond acceptors (Lipinski definition) is 5. The number of fused-ring (bicyclic) bond motifs is 1. The van der Waals surface area contributed by atoms with Gasteiger partial charge in [0.25, 0.3) is 5.91 Å². The van der Waals surface area contributed by atoms with E-state index < -0.39 is 15.6 Å². The van der Waals surface area contributed by atoms with Gasteiger partial charge in [0, 0.05) is 54.9 Å². The SMILES string of the molecule is CCCCN(CCCNC(=O)c1cc(=O)[nH]c2ccc(S(=O)(=O)N3CCCC[C@H]3C)cc12)c1ccccc1. The minimum Gasteiger partial charge on any atom is -0.371 e. The number of nitrogens with one attached hydrogen (secondary N) is 2. The van der Waals surface area contributed by atoms with Crippen molar-refractivity contribution in [1.29, 1.82) is 0 Å². The van der Waals surface area contributed by atoms with Crippen LogP contribution in [0.5, 0.6) is 0 Å². The lowest BCUT2D eigenvalue weighted by molar-refractivity contribution is 0.0955. The van der Waals surface area contributed by atoms with Crippen molar-refractivity contribution in [3.63, 3.8) is 0 Å². The van der Waals surface area contributed by atoms with E-state index in [-0.39, 0.29) is 22.4 Å². The molecule has 0 radical (unpaired) electrons. The van der Waals surface area contributed by atoms with Gasteiger partial charge in [-0.3, -0.25) is 9.59 Å². The highest BCUT2D eigenvalue weighted by atomic mass is 32.2. The molecule has 8 nitrogen and oxygen atoms in total. The molecule has 4 rings (SSSR count). The molecular formula is C29H38N4O4S. The molecule has 0 spiro atoms. The monoisotopic (exact) mass is 538 g/mol. The van der Waals surface area contributed by atoms with Crippen LogP contribution >= 0.6 is 0 Å². The summed E-state index contributed by atoms with van der Waals surface area (Å²) in [5.41, 5.74) is 1.36. The van der Waals surface area contributed by atoms with Gasteiger partial charge in [-0.1, -0.05) is 38.0 Å². The van der Waals surface area contributed by atoms with Crippen LogP contribution < -0.4 is 15.8 Å². The Morgan fingerprint density at radius 2 is 1.84 bits per heavy atom. The fourth-order valence-corrected chi connectivity index (χ4v) is 6.80. The van der Waals surface area contributed by atoms with Crippen LogP contribution in [0.4, 0.5) is 5.69 Å². The summed E-state index contributed by atoms with van der Waals surface area (Å²) in [4.78, 5) is 30.6. The molecule has 1 aromatic heterocycles. The summed E-state index contributed by atoms with van der Waals surface area (Å²) in [5.74, 6) is -0.387. The van der Waals surface area contributed by atoms with Gasteiger partial charge in [0.05, 0.1) is 10.5 Å². The number of unbranched alkanes of at least 4 members (excludes halogenated alkanes) is 1. The molecule has 1 fully saturated rings. The highest BCUT2D eigenvalue weighted by molar-refractivity contribution is 7.89. The Hall–Kier alpha value is -3.17. The van der Waals surface area contributed by atoms with Gasteiger partial charge in [-0.15, -0.1) is 0 Å². The molecule has 2 heterocycles. The Bertz CT molecular complexity index is 1410. The molecule has 1 amide bonds. The van der Waals surface area contributed by atoms with Gasteiger partial charge >= 0.3 is 0 Å². The predicted molar refractivity (Wildman–Crippen MR) is 152 cm³/mol. The van der Waals surface area contributed by atoms with Crippen molar-refractivity contribution in [2.45, 2.75) is 63.3 Å². The number of aromatic nitrogens is 1. The number of benzene rings is 2. The van der Waals surface area contributed by atoms with Crippen LogP contribution in [0.1, 0.15) is 62.7 Å². The zero-order valence-corrected chi connectivity index (χ0v) is 23.1. The molecule has 0 bridgehead atoms. The van der Waals surface area contributed by atoms with E-state index in [1.54, 1.807) is 10.4 Å². The van der Waals surface area contributed by atoms with Gasteiger partial charge in [-0.2, -0.15) is 4.31 Å². The molecule has 38 heavy (non-hydrogen) atoms. The molecule has 204 valence electrons. The lowest BCUT2D eigenvalue weighted by atomic mass is 10.1. The van der Waals surface area contributed by atoms with Crippen LogP contribution in [0.25, 0.3) is 10.9 Å². The van der Waals surface area contributed by atoms with Gasteiger partial charge in [0.2, 0.25) is 15.6 Å². The maximum atomic E-state index is 13.4. The Labute approximate surface area is 225 Å². The molecule has 0 aliphatic carbocycles. The van der Waals surface area contributed by atoms with Crippen LogP contribution in [-0.2, 0) is 10.0 Å². The van der Waals surface area contributed by atoms with Crippen LogP contribution in [-0.4, -0.2) is 55.8 Å². The van der Waals surface area contributed by atoms with E-state index in [2.05, 4.69) is 34.3 Å². The number of piperidine rings is 1. The van der Waals surface area contributed by atoms with E-state index in [0.717, 1.165) is 57.3 Å². The predicted octanol–water partition coefficient (Wildman–Crippen LogP) is 4.52. The van der Waals surface area contributed by atoms with Crippen molar-refractivity contribution in [3.8, 4) is 0 Å². The first kappa shape index (κ1) is 27.9. The minimum atomic E-state index is -3.72. The number of carbonyl (C=O) groups excluding carboxylic acids is 1. The quantitative estimate of drug-likeness (QED) is 0.350. The van der Waals surface area contributed by atoms with Crippen molar-refractivity contribution in [2.24, 2.45) is 0 Å². The zero-order valence-electron chi connectivity index (χ0n) is 22.3. The standard InChI is InChI=1S/C29H38N4O4S/c1-3-4-17-32(23-12-6-5-7-13-23)18-10-16-30-29(35)26-21-28(34)31-27-15-14-24(20-25(26)27)38(36,37)33-19-9-8-11-22(33)2/h5-7,12-15,20-22H,3-4,8-11,16-19H2,1-2H3,(H,30,35)(H,31,34)/t22-/m1/s1. The number of amides is 1. The summed E-state index contributed by atoms with van der Waals surface area (Å²) in [5, 5.41) is 3.35. The van der Waals surface area contributed by atoms with Crippen molar-refractivity contribution < 1.29 is 13.2 Å². The number of hydrogen-bond donors (Lipinski definition) is 2. The third kappa shape index (κ3) is 6.45. The fourth-order valence-electron chi connectivity index (χ4n) is 5.07. The van der Waals surface area contributed by atoms with Crippen molar-refractivity contribution in [2.75, 3.05) is 31.1 Å². The van der Waals surface area contributed by atoms with Gasteiger partial charge < -0.3 is 15.2 Å². The van der Waals surface area contributed by atoms with E-state index >= 15 is 0 Å². The van der Waals surface area contributed by atoms with E-state index in [4.69, 9.17) is 0 Å². The number of pyridine rings is 1. The molecule has 3 aromatic rings. The molecular weight excluding hydrogens is 500 g/mol. The average Bonchev–Trinajstić information content (AvgIpc) is 2.92. The number of para-hydroxylation sites is 1. The molecule has 2 N–H and O–H groups in total. The smallest absolute Gasteiger partial charge is 0.252 e. The lowest BCUT2D eigenvalue weighted by Gasteiger charge is -2.32. The van der Waals surface area contributed by atoms with Gasteiger partial charge in [-0.05, 0) is 62.9 Å². The highest BCUT2D eigenvalue weighted by Crippen LogP contribution is 2.27. The van der Waals surface area contributed by atoms with Crippen LogP contribution in [0.3, 0.4) is 0 Å². The van der Waals surface area contributed by atoms with Gasteiger partial charge in [0.15, 0.2) is 0 Å². The number of aromatic amines is 1. The Kier molecular flexibility index (Phi) is 9.22. The zero-order chi connectivity index (χ0) is 27.1. The molecule has 0 saturated carbocycles. The van der Waals surface area contributed by atoms with E-state index in [1.807, 2.05) is 25.1 Å². The summed E-state index contributed by atoms with van der Waals surface area (Å²) in [6, 6.07) is 16.0. The van der Waals surface area contributed by atoms with Crippen LogP contribution in [0, 0.1) is 0 Å². The number of sulfonamides is 1. The molecule has 1 saturated heterocycles. The number of anilines is 1. The third-order valence-corrected chi connectivity index (χ3v) is 9.21. The van der Waals surface area contributed by atoms with Crippen molar-refractivity contribution >= 4 is 32.5 Å². The summed E-state index contributed by atoms with van der Waals surface area (Å²) >= 11 is 0. The third-order valence-electron chi connectivity index (χ3n) is 7.20. The van der Waals surface area contributed by atoms with Gasteiger partial charge in [0.1, 0.15) is 0 Å². The number of nitrogens with zero attached hydrogens (tertiary/aromatic N) is 2. The van der Waals surface area contributed by atoms with Gasteiger partial charge in [-0.25, -0.2) is 8.42 Å². The second kappa shape index (κ2) is 12.6. The Balaban J connectivity index is 1.50. The number of carbonyl (C=O) groups is 1. The summed E-state index contributed by atoms with van der Waals surface area (Å²) in [6.45, 7) is 6.75. The summed E-state index contributed by atoms with van der Waals surface area (Å²) in [6.07, 6.45) is 5.59. The first-order valence-corrected chi connectivity index (χ1v) is 15.0. The van der Waals surface area contributed by atoms with E-state index in [9.17, 15) is 18.0 Å². The number of H-pyrrole nitrogens is 1. The summed E-state index contributed by atoms with van der Waals surface area (Å²) in [7, 11) is -3.72. The lowest BCUT2D eigenvalue weighted by Crippen LogP contribution is -2.41. The highest BCUT2D eigenvalue weighted by Gasteiger charge is 2.31. The molecule has 1 aliphatic rings. The molecule has 1 aliphatic heterocycles. The topological polar surface area (TPSA) is 103 Å². The summed E-state index contributed by atoms with van der Waals surface area (Å²) < 4.78 is 28.4.